The summed E-state index contributed by atoms with van der Waals surface area (Å²) in [6, 6.07) is 52.1. The molecule has 4 heteroatoms. The Morgan fingerprint density at radius 3 is 2.02 bits per heavy atom. The van der Waals surface area contributed by atoms with Gasteiger partial charge in [-0.05, 0) is 88.5 Å². The third-order valence-corrected chi connectivity index (χ3v) is 10.8. The van der Waals surface area contributed by atoms with Gasteiger partial charge in [0.2, 0.25) is 0 Å². The minimum absolute atomic E-state index is 0.0336. The Kier molecular flexibility index (Phi) is 5.15. The molecule has 11 rings (SSSR count). The third kappa shape index (κ3) is 3.53. The molecule has 0 amide bonds. The number of nitrogens with zero attached hydrogens (tertiary/aromatic N) is 2. The van der Waals surface area contributed by atoms with E-state index in [1.54, 1.807) is 0 Å². The molecule has 0 N–H and O–H groups in total. The SMILES string of the molecule is CC1(C)c2ccccc2-c2cc(N(c3ccccc3)c3ccc(-c4ccc5c6cccc7c6n6c5c4Oc4cccc(c4-6)O7)cc3)ccc21. The Bertz CT molecular complexity index is 2690. The van der Waals surface area contributed by atoms with Crippen molar-refractivity contribution < 1.29 is 9.47 Å². The van der Waals surface area contributed by atoms with E-state index < -0.39 is 0 Å². The molecular formula is C45H30N2O2. The molecule has 0 atom stereocenters. The number of aromatic nitrogens is 1. The number of fused-ring (bicyclic) bond motifs is 4. The average molecular weight is 631 g/mol. The highest BCUT2D eigenvalue weighted by atomic mass is 16.5. The van der Waals surface area contributed by atoms with Crippen LogP contribution < -0.4 is 14.4 Å². The van der Waals surface area contributed by atoms with Crippen LogP contribution in [0.5, 0.6) is 23.0 Å². The van der Waals surface area contributed by atoms with Crippen molar-refractivity contribution in [1.82, 2.24) is 4.57 Å². The van der Waals surface area contributed by atoms with Crippen LogP contribution in [0, 0.1) is 0 Å². The zero-order chi connectivity index (χ0) is 32.4. The van der Waals surface area contributed by atoms with Gasteiger partial charge in [-0.2, -0.15) is 0 Å². The Morgan fingerprint density at radius 2 is 1.16 bits per heavy atom. The number of anilines is 3. The molecule has 0 saturated carbocycles. The van der Waals surface area contributed by atoms with Crippen LogP contribution >= 0.6 is 0 Å². The zero-order valence-corrected chi connectivity index (χ0v) is 27.1. The smallest absolute Gasteiger partial charge is 0.160 e. The normalized spacial score (nSPS) is 14.0. The van der Waals surface area contributed by atoms with E-state index in [4.69, 9.17) is 9.47 Å². The molecule has 7 aromatic carbocycles. The molecule has 0 radical (unpaired) electrons. The monoisotopic (exact) mass is 630 g/mol. The Balaban J connectivity index is 1.06. The van der Waals surface area contributed by atoms with Crippen LogP contribution in [0.3, 0.4) is 0 Å². The quantitative estimate of drug-likeness (QED) is 0.194. The van der Waals surface area contributed by atoms with Crippen molar-refractivity contribution >= 4 is 38.9 Å². The van der Waals surface area contributed by atoms with Crippen LogP contribution in [0.25, 0.3) is 49.7 Å². The van der Waals surface area contributed by atoms with Crippen molar-refractivity contribution in [1.29, 1.82) is 0 Å². The first-order chi connectivity index (χ1) is 24.1. The Labute approximate surface area is 284 Å². The third-order valence-electron chi connectivity index (χ3n) is 10.8. The summed E-state index contributed by atoms with van der Waals surface area (Å²) in [5.74, 6) is 3.37. The van der Waals surface area contributed by atoms with E-state index in [0.29, 0.717) is 0 Å². The molecular weight excluding hydrogens is 601 g/mol. The van der Waals surface area contributed by atoms with Crippen molar-refractivity contribution in [3.8, 4) is 50.9 Å². The predicted octanol–water partition coefficient (Wildman–Crippen LogP) is 12.4. The molecule has 49 heavy (non-hydrogen) atoms. The molecule has 0 bridgehead atoms. The fourth-order valence-electron chi connectivity index (χ4n) is 8.51. The summed E-state index contributed by atoms with van der Waals surface area (Å²) in [6.45, 7) is 4.66. The van der Waals surface area contributed by atoms with E-state index in [1.165, 1.54) is 27.6 Å². The maximum absolute atomic E-state index is 6.77. The minimum Gasteiger partial charge on any atom is -0.453 e. The van der Waals surface area contributed by atoms with Crippen LogP contribution in [-0.4, -0.2) is 4.57 Å². The van der Waals surface area contributed by atoms with Crippen LogP contribution in [0.15, 0.2) is 146 Å². The van der Waals surface area contributed by atoms with Gasteiger partial charge in [0.1, 0.15) is 5.69 Å². The highest BCUT2D eigenvalue weighted by Crippen LogP contribution is 2.56. The molecule has 0 spiro atoms. The van der Waals surface area contributed by atoms with Crippen molar-refractivity contribution in [2.75, 3.05) is 4.90 Å². The van der Waals surface area contributed by atoms with Crippen LogP contribution in [-0.2, 0) is 5.41 Å². The summed E-state index contributed by atoms with van der Waals surface area (Å²) >= 11 is 0. The van der Waals surface area contributed by atoms with Crippen LogP contribution in [0.1, 0.15) is 25.0 Å². The fraction of sp³-hybridized carbons (Fsp3) is 0.0667. The molecule has 0 saturated heterocycles. The van der Waals surface area contributed by atoms with Gasteiger partial charge >= 0.3 is 0 Å². The molecule has 2 aliphatic heterocycles. The van der Waals surface area contributed by atoms with E-state index in [-0.39, 0.29) is 5.41 Å². The number of ether oxygens (including phenoxy) is 2. The van der Waals surface area contributed by atoms with Gasteiger partial charge in [0.25, 0.3) is 0 Å². The van der Waals surface area contributed by atoms with Crippen molar-refractivity contribution in [2.24, 2.45) is 0 Å². The van der Waals surface area contributed by atoms with Gasteiger partial charge in [0.15, 0.2) is 23.0 Å². The molecule has 1 aromatic heterocycles. The molecule has 0 fully saturated rings. The summed E-state index contributed by atoms with van der Waals surface area (Å²) in [6.07, 6.45) is 0. The van der Waals surface area contributed by atoms with E-state index in [2.05, 4.69) is 145 Å². The van der Waals surface area contributed by atoms with Gasteiger partial charge in [-0.3, -0.25) is 4.57 Å². The summed E-state index contributed by atoms with van der Waals surface area (Å²) < 4.78 is 15.5. The zero-order valence-electron chi connectivity index (χ0n) is 27.1. The maximum atomic E-state index is 6.77. The molecule has 8 aromatic rings. The van der Waals surface area contributed by atoms with Gasteiger partial charge in [0.05, 0.1) is 11.0 Å². The van der Waals surface area contributed by atoms with Gasteiger partial charge in [-0.25, -0.2) is 0 Å². The lowest BCUT2D eigenvalue weighted by Crippen LogP contribution is -2.15. The largest absolute Gasteiger partial charge is 0.453 e. The van der Waals surface area contributed by atoms with Crippen LogP contribution in [0.4, 0.5) is 17.1 Å². The molecule has 232 valence electrons. The van der Waals surface area contributed by atoms with Gasteiger partial charge in [-0.15, -0.1) is 0 Å². The van der Waals surface area contributed by atoms with Crippen LogP contribution in [0.2, 0.25) is 0 Å². The number of rotatable bonds is 4. The lowest BCUT2D eigenvalue weighted by Gasteiger charge is -2.28. The van der Waals surface area contributed by atoms with Crippen molar-refractivity contribution in [2.45, 2.75) is 19.3 Å². The Hall–Kier alpha value is -6.26. The maximum Gasteiger partial charge on any atom is 0.160 e. The minimum atomic E-state index is -0.0336. The molecule has 0 unspecified atom stereocenters. The van der Waals surface area contributed by atoms with E-state index in [0.717, 1.165) is 73.3 Å². The molecule has 4 nitrogen and oxygen atoms in total. The second-order valence-corrected chi connectivity index (χ2v) is 13.8. The second-order valence-electron chi connectivity index (χ2n) is 13.8. The first kappa shape index (κ1) is 26.8. The van der Waals surface area contributed by atoms with Gasteiger partial charge in [0, 0.05) is 38.8 Å². The summed E-state index contributed by atoms with van der Waals surface area (Å²) in [5.41, 5.74) is 14.0. The lowest BCUT2D eigenvalue weighted by molar-refractivity contribution is 0.445. The van der Waals surface area contributed by atoms with Crippen molar-refractivity contribution in [3.63, 3.8) is 0 Å². The van der Waals surface area contributed by atoms with E-state index in [9.17, 15) is 0 Å². The van der Waals surface area contributed by atoms with Gasteiger partial charge < -0.3 is 14.4 Å². The molecule has 3 aliphatic rings. The number of para-hydroxylation sites is 3. The van der Waals surface area contributed by atoms with E-state index >= 15 is 0 Å². The second kappa shape index (κ2) is 9.42. The van der Waals surface area contributed by atoms with Crippen molar-refractivity contribution in [3.05, 3.63) is 157 Å². The van der Waals surface area contributed by atoms with E-state index in [1.807, 2.05) is 24.3 Å². The number of benzene rings is 7. The highest BCUT2D eigenvalue weighted by Gasteiger charge is 2.36. The van der Waals surface area contributed by atoms with Gasteiger partial charge in [-0.1, -0.05) is 98.8 Å². The number of hydrogen-bond acceptors (Lipinski definition) is 3. The fourth-order valence-corrected chi connectivity index (χ4v) is 8.51. The predicted molar refractivity (Wildman–Crippen MR) is 199 cm³/mol. The average Bonchev–Trinajstić information content (AvgIpc) is 3.60. The first-order valence-corrected chi connectivity index (χ1v) is 16.9. The highest BCUT2D eigenvalue weighted by molar-refractivity contribution is 6.16. The first-order valence-electron chi connectivity index (χ1n) is 16.9. The summed E-state index contributed by atoms with van der Waals surface area (Å²) in [5, 5.41) is 2.33. The topological polar surface area (TPSA) is 26.6 Å². The molecule has 3 heterocycles. The lowest BCUT2D eigenvalue weighted by atomic mass is 9.82. The molecule has 1 aliphatic carbocycles. The Morgan fingerprint density at radius 1 is 0.490 bits per heavy atom. The standard InChI is InChI=1S/C45H30N2O2/c1-45(2)36-14-7-6-12-32(36)35-26-30(22-25-37(35)45)46(28-10-4-3-5-11-28)29-20-18-27(19-21-29)31-23-24-34-33-13-8-15-38-41(33)47-42(34)44(31)49-40-17-9-16-39(48-38)43(40)47/h3-26H,1-2H3. The number of hydrogen-bond donors (Lipinski definition) is 0. The summed E-state index contributed by atoms with van der Waals surface area (Å²) in [4.78, 5) is 2.35. The summed E-state index contributed by atoms with van der Waals surface area (Å²) in [7, 11) is 0.